The molecule has 240 valence electrons. The third kappa shape index (κ3) is 19.7. The lowest BCUT2D eigenvalue weighted by atomic mass is 10.1. The van der Waals surface area contributed by atoms with Crippen LogP contribution in [-0.4, -0.2) is 43.4 Å². The minimum absolute atomic E-state index is 0.207. The standard InChI is InChI=1S/C39H67NO2/c1-3-5-7-9-11-13-15-17-19-21-23-28-32-41-38-35-40(34-37-30-26-25-27-31-37)36-39(38)42-33-29-24-22-20-18-16-14-12-10-8-6-4-2/h9-12,25-27,30-31,38-39H,3-8,13-24,28-29,32-36H2,1-2H3/b11-9-,12-10-/t38-,39-/m1/s1. The van der Waals surface area contributed by atoms with Crippen molar-refractivity contribution >= 4 is 0 Å². The van der Waals surface area contributed by atoms with Gasteiger partial charge in [-0.05, 0) is 56.9 Å². The zero-order valence-electron chi connectivity index (χ0n) is 27.8. The van der Waals surface area contributed by atoms with E-state index in [9.17, 15) is 0 Å². The maximum Gasteiger partial charge on any atom is 0.0975 e. The van der Waals surface area contributed by atoms with Gasteiger partial charge in [0.1, 0.15) is 0 Å². The van der Waals surface area contributed by atoms with Crippen molar-refractivity contribution in [1.29, 1.82) is 0 Å². The molecule has 0 unspecified atom stereocenters. The number of hydrogen-bond acceptors (Lipinski definition) is 3. The van der Waals surface area contributed by atoms with Gasteiger partial charge in [0.2, 0.25) is 0 Å². The quantitative estimate of drug-likeness (QED) is 0.0725. The van der Waals surface area contributed by atoms with Crippen molar-refractivity contribution < 1.29 is 9.47 Å². The molecular weight excluding hydrogens is 514 g/mol. The van der Waals surface area contributed by atoms with Crippen molar-refractivity contribution in [2.24, 2.45) is 0 Å². The van der Waals surface area contributed by atoms with Crippen LogP contribution >= 0.6 is 0 Å². The summed E-state index contributed by atoms with van der Waals surface area (Å²) in [4.78, 5) is 2.53. The molecule has 3 heteroatoms. The summed E-state index contributed by atoms with van der Waals surface area (Å²) in [7, 11) is 0. The van der Waals surface area contributed by atoms with Gasteiger partial charge in [0, 0.05) is 32.8 Å². The van der Waals surface area contributed by atoms with Gasteiger partial charge in [-0.2, -0.15) is 0 Å². The van der Waals surface area contributed by atoms with Crippen LogP contribution in [0.1, 0.15) is 148 Å². The molecule has 2 rings (SSSR count). The molecule has 0 spiro atoms. The lowest BCUT2D eigenvalue weighted by Crippen LogP contribution is -2.30. The maximum absolute atomic E-state index is 6.46. The highest BCUT2D eigenvalue weighted by Crippen LogP contribution is 2.21. The summed E-state index contributed by atoms with van der Waals surface area (Å²) in [6.07, 6.45) is 35.9. The molecule has 0 radical (unpaired) electrons. The van der Waals surface area contributed by atoms with E-state index in [-0.39, 0.29) is 12.2 Å². The van der Waals surface area contributed by atoms with Crippen LogP contribution < -0.4 is 0 Å². The minimum atomic E-state index is 0.207. The molecule has 1 aliphatic rings. The summed E-state index contributed by atoms with van der Waals surface area (Å²) in [5.74, 6) is 0. The lowest BCUT2D eigenvalue weighted by molar-refractivity contribution is -0.0481. The molecule has 1 aromatic rings. The Labute approximate surface area is 261 Å². The Hall–Kier alpha value is -1.42. The molecular formula is C39H67NO2. The Morgan fingerprint density at radius 2 is 0.952 bits per heavy atom. The number of ether oxygens (including phenoxy) is 2. The van der Waals surface area contributed by atoms with Gasteiger partial charge in [0.25, 0.3) is 0 Å². The number of hydrogen-bond donors (Lipinski definition) is 0. The van der Waals surface area contributed by atoms with E-state index in [0.717, 1.165) is 32.8 Å². The first kappa shape index (κ1) is 36.8. The molecule has 0 aromatic heterocycles. The molecule has 2 atom stereocenters. The summed E-state index contributed by atoms with van der Waals surface area (Å²) in [6, 6.07) is 10.8. The highest BCUT2D eigenvalue weighted by atomic mass is 16.5. The van der Waals surface area contributed by atoms with Crippen LogP contribution in [0.3, 0.4) is 0 Å². The Kier molecular flexibility index (Phi) is 23.8. The van der Waals surface area contributed by atoms with Crippen LogP contribution in [0.2, 0.25) is 0 Å². The smallest absolute Gasteiger partial charge is 0.0975 e. The SMILES string of the molecule is CCCC/C=C\CCCCCCCCO[C@@H]1CN(Cc2ccccc2)C[C@H]1OCCCCCCCC/C=C\CCCC. The Bertz CT molecular complexity index is 717. The number of benzene rings is 1. The van der Waals surface area contributed by atoms with E-state index >= 15 is 0 Å². The van der Waals surface area contributed by atoms with Crippen molar-refractivity contribution in [3.8, 4) is 0 Å². The minimum Gasteiger partial charge on any atom is -0.374 e. The monoisotopic (exact) mass is 582 g/mol. The highest BCUT2D eigenvalue weighted by molar-refractivity contribution is 5.14. The number of unbranched alkanes of at least 4 members (excludes halogenated alkanes) is 16. The second-order valence-corrected chi connectivity index (χ2v) is 12.5. The largest absolute Gasteiger partial charge is 0.374 e. The van der Waals surface area contributed by atoms with Crippen LogP contribution in [0, 0.1) is 0 Å². The van der Waals surface area contributed by atoms with Crippen molar-refractivity contribution in [1.82, 2.24) is 4.90 Å². The van der Waals surface area contributed by atoms with Crippen LogP contribution in [-0.2, 0) is 16.0 Å². The van der Waals surface area contributed by atoms with Gasteiger partial charge in [-0.1, -0.05) is 146 Å². The van der Waals surface area contributed by atoms with E-state index in [4.69, 9.17) is 9.47 Å². The number of likely N-dealkylation sites (tertiary alicyclic amines) is 1. The fourth-order valence-corrected chi connectivity index (χ4v) is 5.84. The molecule has 0 saturated carbocycles. The molecule has 0 bridgehead atoms. The second-order valence-electron chi connectivity index (χ2n) is 12.5. The van der Waals surface area contributed by atoms with E-state index in [0.29, 0.717) is 0 Å². The Balaban J connectivity index is 1.56. The molecule has 0 aliphatic carbocycles. The van der Waals surface area contributed by atoms with E-state index in [1.165, 1.54) is 134 Å². The number of rotatable bonds is 28. The van der Waals surface area contributed by atoms with Crippen molar-refractivity contribution in [3.05, 3.63) is 60.2 Å². The predicted molar refractivity (Wildman–Crippen MR) is 183 cm³/mol. The van der Waals surface area contributed by atoms with E-state index < -0.39 is 0 Å². The van der Waals surface area contributed by atoms with Gasteiger partial charge in [-0.15, -0.1) is 0 Å². The molecule has 1 heterocycles. The van der Waals surface area contributed by atoms with Crippen LogP contribution in [0.15, 0.2) is 54.6 Å². The lowest BCUT2D eigenvalue weighted by Gasteiger charge is -2.20. The van der Waals surface area contributed by atoms with Crippen LogP contribution in [0.25, 0.3) is 0 Å². The summed E-state index contributed by atoms with van der Waals surface area (Å²) >= 11 is 0. The second kappa shape index (κ2) is 27.2. The molecule has 1 aliphatic heterocycles. The molecule has 42 heavy (non-hydrogen) atoms. The van der Waals surface area contributed by atoms with E-state index in [1.807, 2.05) is 0 Å². The van der Waals surface area contributed by atoms with Gasteiger partial charge >= 0.3 is 0 Å². The Morgan fingerprint density at radius 3 is 1.40 bits per heavy atom. The zero-order chi connectivity index (χ0) is 29.8. The first-order chi connectivity index (χ1) is 20.8. The summed E-state index contributed by atoms with van der Waals surface area (Å²) in [5.41, 5.74) is 1.38. The van der Waals surface area contributed by atoms with E-state index in [1.54, 1.807) is 0 Å². The fourth-order valence-electron chi connectivity index (χ4n) is 5.84. The first-order valence-electron chi connectivity index (χ1n) is 18.1. The average Bonchev–Trinajstić information content (AvgIpc) is 3.39. The van der Waals surface area contributed by atoms with Crippen LogP contribution in [0.4, 0.5) is 0 Å². The fraction of sp³-hybridized carbons (Fsp3) is 0.744. The molecule has 1 saturated heterocycles. The maximum atomic E-state index is 6.46. The highest BCUT2D eigenvalue weighted by Gasteiger charge is 2.34. The predicted octanol–water partition coefficient (Wildman–Crippen LogP) is 11.2. The summed E-state index contributed by atoms with van der Waals surface area (Å²) in [5, 5.41) is 0. The summed E-state index contributed by atoms with van der Waals surface area (Å²) in [6.45, 7) is 9.23. The third-order valence-corrected chi connectivity index (χ3v) is 8.52. The van der Waals surface area contributed by atoms with Gasteiger partial charge in [-0.3, -0.25) is 4.90 Å². The molecule has 3 nitrogen and oxygen atoms in total. The van der Waals surface area contributed by atoms with E-state index in [2.05, 4.69) is 73.4 Å². The van der Waals surface area contributed by atoms with Gasteiger partial charge < -0.3 is 9.47 Å². The van der Waals surface area contributed by atoms with Crippen LogP contribution in [0.5, 0.6) is 0 Å². The van der Waals surface area contributed by atoms with Gasteiger partial charge in [0.05, 0.1) is 12.2 Å². The van der Waals surface area contributed by atoms with Crippen molar-refractivity contribution in [2.75, 3.05) is 26.3 Å². The molecule has 1 fully saturated rings. The van der Waals surface area contributed by atoms with Gasteiger partial charge in [-0.25, -0.2) is 0 Å². The normalized spacial score (nSPS) is 17.8. The number of allylic oxidation sites excluding steroid dienone is 4. The molecule has 0 amide bonds. The van der Waals surface area contributed by atoms with Crippen molar-refractivity contribution in [2.45, 2.75) is 161 Å². The van der Waals surface area contributed by atoms with Gasteiger partial charge in [0.15, 0.2) is 0 Å². The van der Waals surface area contributed by atoms with Crippen molar-refractivity contribution in [3.63, 3.8) is 0 Å². The molecule has 0 N–H and O–H groups in total. The number of nitrogens with zero attached hydrogens (tertiary/aromatic N) is 1. The molecule has 1 aromatic carbocycles. The third-order valence-electron chi connectivity index (χ3n) is 8.52. The Morgan fingerprint density at radius 1 is 0.548 bits per heavy atom. The summed E-state index contributed by atoms with van der Waals surface area (Å²) < 4.78 is 12.9. The topological polar surface area (TPSA) is 21.7 Å². The first-order valence-corrected chi connectivity index (χ1v) is 18.1. The average molecular weight is 582 g/mol. The zero-order valence-corrected chi connectivity index (χ0v) is 27.8.